The number of aryl methyl sites for hydroxylation is 2. The van der Waals surface area contributed by atoms with Crippen molar-refractivity contribution in [1.82, 2.24) is 5.32 Å². The van der Waals surface area contributed by atoms with Gasteiger partial charge in [-0.25, -0.2) is 0 Å². The van der Waals surface area contributed by atoms with Gasteiger partial charge < -0.3 is 15.4 Å². The molecular weight excluding hydrogens is 402 g/mol. The fourth-order valence-electron chi connectivity index (χ4n) is 2.25. The second-order valence-electron chi connectivity index (χ2n) is 6.09. The Morgan fingerprint density at radius 3 is 2.34 bits per heavy atom. The third-order valence-corrected chi connectivity index (χ3v) is 4.61. The van der Waals surface area contributed by atoms with Gasteiger partial charge in [-0.2, -0.15) is 8.78 Å². The van der Waals surface area contributed by atoms with Gasteiger partial charge in [0.2, 0.25) is 0 Å². The number of nitrogens with one attached hydrogen (secondary N) is 2. The Hall–Kier alpha value is -2.94. The SMILES string of the molecule is Cc1ccc(C(=O)NCC(=O)OCC(=O)Nc2ccc(SC(F)F)cc2)cc1C. The summed E-state index contributed by atoms with van der Waals surface area (Å²) in [6.45, 7) is 2.89. The van der Waals surface area contributed by atoms with E-state index in [4.69, 9.17) is 4.74 Å². The number of thioether (sulfide) groups is 1. The first kappa shape index (κ1) is 22.4. The molecule has 2 aromatic carbocycles. The molecule has 0 fully saturated rings. The summed E-state index contributed by atoms with van der Waals surface area (Å²) in [7, 11) is 0. The highest BCUT2D eigenvalue weighted by atomic mass is 32.2. The van der Waals surface area contributed by atoms with Gasteiger partial charge in [-0.15, -0.1) is 0 Å². The lowest BCUT2D eigenvalue weighted by molar-refractivity contribution is -0.146. The molecule has 2 amide bonds. The van der Waals surface area contributed by atoms with Crippen LogP contribution in [0.2, 0.25) is 0 Å². The number of alkyl halides is 2. The van der Waals surface area contributed by atoms with Crippen molar-refractivity contribution in [2.45, 2.75) is 24.5 Å². The van der Waals surface area contributed by atoms with Gasteiger partial charge in [0.15, 0.2) is 6.61 Å². The molecule has 0 saturated heterocycles. The number of amides is 2. The maximum absolute atomic E-state index is 12.3. The van der Waals surface area contributed by atoms with E-state index in [1.54, 1.807) is 12.1 Å². The molecule has 154 valence electrons. The fraction of sp³-hybridized carbons (Fsp3) is 0.250. The van der Waals surface area contributed by atoms with Crippen molar-refractivity contribution < 1.29 is 27.9 Å². The van der Waals surface area contributed by atoms with E-state index in [-0.39, 0.29) is 6.54 Å². The van der Waals surface area contributed by atoms with E-state index in [1.165, 1.54) is 24.3 Å². The van der Waals surface area contributed by atoms with Crippen molar-refractivity contribution in [1.29, 1.82) is 0 Å². The zero-order chi connectivity index (χ0) is 21.4. The van der Waals surface area contributed by atoms with Crippen molar-refractivity contribution in [3.8, 4) is 0 Å². The van der Waals surface area contributed by atoms with E-state index in [2.05, 4.69) is 10.6 Å². The Balaban J connectivity index is 1.73. The van der Waals surface area contributed by atoms with Crippen LogP contribution in [0.25, 0.3) is 0 Å². The molecule has 29 heavy (non-hydrogen) atoms. The van der Waals surface area contributed by atoms with Crippen LogP contribution in [-0.2, 0) is 14.3 Å². The van der Waals surface area contributed by atoms with Crippen LogP contribution in [0.5, 0.6) is 0 Å². The number of benzene rings is 2. The van der Waals surface area contributed by atoms with Gasteiger partial charge in [0, 0.05) is 16.1 Å². The number of anilines is 1. The topological polar surface area (TPSA) is 84.5 Å². The Bertz CT molecular complexity index is 889. The third kappa shape index (κ3) is 7.53. The summed E-state index contributed by atoms with van der Waals surface area (Å²) in [5, 5.41) is 4.91. The first-order valence-corrected chi connectivity index (χ1v) is 9.48. The number of carbonyl (C=O) groups is 3. The number of hydrogen-bond donors (Lipinski definition) is 2. The minimum Gasteiger partial charge on any atom is -0.454 e. The molecule has 0 spiro atoms. The molecule has 0 saturated carbocycles. The largest absolute Gasteiger partial charge is 0.454 e. The lowest BCUT2D eigenvalue weighted by Crippen LogP contribution is -2.32. The number of carbonyl (C=O) groups excluding carboxylic acids is 3. The predicted octanol–water partition coefficient (Wildman–Crippen LogP) is 3.53. The molecule has 6 nitrogen and oxygen atoms in total. The normalized spacial score (nSPS) is 10.5. The summed E-state index contributed by atoms with van der Waals surface area (Å²) >= 11 is 0.398. The molecule has 0 aromatic heterocycles. The molecular formula is C20H20F2N2O4S. The summed E-state index contributed by atoms with van der Waals surface area (Å²) in [6, 6.07) is 11.0. The molecule has 2 rings (SSSR count). The van der Waals surface area contributed by atoms with Gasteiger partial charge in [0.05, 0.1) is 0 Å². The molecule has 0 atom stereocenters. The van der Waals surface area contributed by atoms with Gasteiger partial charge in [-0.05, 0) is 61.4 Å². The molecule has 0 unspecified atom stereocenters. The maximum atomic E-state index is 12.3. The number of hydrogen-bond acceptors (Lipinski definition) is 5. The highest BCUT2D eigenvalue weighted by Gasteiger charge is 2.12. The second-order valence-corrected chi connectivity index (χ2v) is 7.16. The van der Waals surface area contributed by atoms with Crippen molar-refractivity contribution in [3.05, 3.63) is 59.2 Å². The standard InChI is InChI=1S/C20H20F2N2O4S/c1-12-3-4-14(9-13(12)2)19(27)23-10-18(26)28-11-17(25)24-15-5-7-16(8-6-15)29-20(21)22/h3-9,20H,10-11H2,1-2H3,(H,23,27)(H,24,25). The lowest BCUT2D eigenvalue weighted by Gasteiger charge is -2.09. The number of halogens is 2. The van der Waals surface area contributed by atoms with Crippen LogP contribution in [0.4, 0.5) is 14.5 Å². The Morgan fingerprint density at radius 2 is 1.72 bits per heavy atom. The molecule has 9 heteroatoms. The summed E-state index contributed by atoms with van der Waals surface area (Å²) in [6.07, 6.45) is 0. The lowest BCUT2D eigenvalue weighted by atomic mass is 10.1. The van der Waals surface area contributed by atoms with Crippen LogP contribution in [0.3, 0.4) is 0 Å². The van der Waals surface area contributed by atoms with Crippen LogP contribution in [-0.4, -0.2) is 36.7 Å². The molecule has 0 radical (unpaired) electrons. The Labute approximate surface area is 171 Å². The monoisotopic (exact) mass is 422 g/mol. The summed E-state index contributed by atoms with van der Waals surface area (Å²) in [5.74, 6) is -4.30. The van der Waals surface area contributed by atoms with E-state index in [0.29, 0.717) is 27.9 Å². The smallest absolute Gasteiger partial charge is 0.325 e. The fourth-order valence-corrected chi connectivity index (χ4v) is 2.75. The molecule has 2 aromatic rings. The summed E-state index contributed by atoms with van der Waals surface area (Å²) in [4.78, 5) is 35.9. The Kier molecular flexibility index (Phi) is 8.14. The van der Waals surface area contributed by atoms with Crippen molar-refractivity contribution in [3.63, 3.8) is 0 Å². The average Bonchev–Trinajstić information content (AvgIpc) is 2.67. The van der Waals surface area contributed by atoms with Gasteiger partial charge in [-0.3, -0.25) is 14.4 Å². The molecule has 2 N–H and O–H groups in total. The first-order chi connectivity index (χ1) is 13.7. The maximum Gasteiger partial charge on any atom is 0.325 e. The van der Waals surface area contributed by atoms with E-state index >= 15 is 0 Å². The van der Waals surface area contributed by atoms with E-state index < -0.39 is 30.1 Å². The van der Waals surface area contributed by atoms with Gasteiger partial charge >= 0.3 is 5.97 Å². The molecule has 0 aliphatic heterocycles. The number of rotatable bonds is 8. The number of ether oxygens (including phenoxy) is 1. The van der Waals surface area contributed by atoms with Crippen LogP contribution < -0.4 is 10.6 Å². The van der Waals surface area contributed by atoms with Gasteiger partial charge in [0.1, 0.15) is 6.54 Å². The second kappa shape index (κ2) is 10.6. The van der Waals surface area contributed by atoms with Gasteiger partial charge in [-0.1, -0.05) is 17.8 Å². The molecule has 0 heterocycles. The van der Waals surface area contributed by atoms with Crippen molar-refractivity contribution >= 4 is 35.2 Å². The third-order valence-electron chi connectivity index (χ3n) is 3.89. The van der Waals surface area contributed by atoms with Crippen LogP contribution >= 0.6 is 11.8 Å². The minimum absolute atomic E-state index is 0.365. The molecule has 0 bridgehead atoms. The van der Waals surface area contributed by atoms with E-state index in [0.717, 1.165) is 11.1 Å². The quantitative estimate of drug-likeness (QED) is 0.502. The number of esters is 1. The van der Waals surface area contributed by atoms with Crippen LogP contribution in [0, 0.1) is 13.8 Å². The van der Waals surface area contributed by atoms with Crippen molar-refractivity contribution in [2.75, 3.05) is 18.5 Å². The molecule has 0 aliphatic carbocycles. The van der Waals surface area contributed by atoms with E-state index in [9.17, 15) is 23.2 Å². The minimum atomic E-state index is -2.52. The van der Waals surface area contributed by atoms with Gasteiger partial charge in [0.25, 0.3) is 17.6 Å². The summed E-state index contributed by atoms with van der Waals surface area (Å²) in [5.41, 5.74) is 2.81. The van der Waals surface area contributed by atoms with Crippen LogP contribution in [0.1, 0.15) is 21.5 Å². The summed E-state index contributed by atoms with van der Waals surface area (Å²) < 4.78 is 29.3. The van der Waals surface area contributed by atoms with E-state index in [1.807, 2.05) is 19.9 Å². The first-order valence-electron chi connectivity index (χ1n) is 8.60. The molecule has 0 aliphatic rings. The Morgan fingerprint density at radius 1 is 1.03 bits per heavy atom. The zero-order valence-electron chi connectivity index (χ0n) is 15.8. The van der Waals surface area contributed by atoms with Crippen molar-refractivity contribution in [2.24, 2.45) is 0 Å². The predicted molar refractivity (Wildman–Crippen MR) is 106 cm³/mol. The van der Waals surface area contributed by atoms with Crippen LogP contribution in [0.15, 0.2) is 47.4 Å². The average molecular weight is 422 g/mol. The highest BCUT2D eigenvalue weighted by molar-refractivity contribution is 7.99. The highest BCUT2D eigenvalue weighted by Crippen LogP contribution is 2.26. The zero-order valence-corrected chi connectivity index (χ0v) is 16.6.